The van der Waals surface area contributed by atoms with E-state index in [1.165, 1.54) is 5.56 Å². The summed E-state index contributed by atoms with van der Waals surface area (Å²) in [4.78, 5) is 18.1. The van der Waals surface area contributed by atoms with Gasteiger partial charge in [0, 0.05) is 42.8 Å². The molecule has 1 aliphatic rings. The molecule has 0 bridgehead atoms. The molecule has 128 valence electrons. The van der Waals surface area contributed by atoms with Crippen molar-refractivity contribution in [3.63, 3.8) is 0 Å². The molecule has 0 spiro atoms. The van der Waals surface area contributed by atoms with Gasteiger partial charge in [0.25, 0.3) is 0 Å². The first kappa shape index (κ1) is 15.9. The second kappa shape index (κ2) is 7.11. The molecular weight excluding hydrogens is 310 g/mol. The van der Waals surface area contributed by atoms with E-state index in [0.29, 0.717) is 6.42 Å². The van der Waals surface area contributed by atoms with Gasteiger partial charge in [0.15, 0.2) is 0 Å². The van der Waals surface area contributed by atoms with Gasteiger partial charge in [-0.25, -0.2) is 0 Å². The molecule has 1 aromatic heterocycles. The zero-order chi connectivity index (χ0) is 17.1. The molecule has 4 nitrogen and oxygen atoms in total. The highest BCUT2D eigenvalue weighted by atomic mass is 16.1. The van der Waals surface area contributed by atoms with Crippen LogP contribution in [0, 0.1) is 0 Å². The Bertz CT molecular complexity index is 856. The quantitative estimate of drug-likeness (QED) is 0.754. The van der Waals surface area contributed by atoms with Crippen LogP contribution in [-0.2, 0) is 17.8 Å². The van der Waals surface area contributed by atoms with Crippen LogP contribution in [-0.4, -0.2) is 34.9 Å². The number of carbonyl (C=O) groups is 1. The normalized spacial score (nSPS) is 17.8. The average Bonchev–Trinajstić information content (AvgIpc) is 3.23. The van der Waals surface area contributed by atoms with Gasteiger partial charge >= 0.3 is 0 Å². The van der Waals surface area contributed by atoms with Gasteiger partial charge in [-0.15, -0.1) is 0 Å². The summed E-state index contributed by atoms with van der Waals surface area (Å²) in [6.45, 7) is 2.91. The number of fused-ring (bicyclic) bond motifs is 1. The monoisotopic (exact) mass is 333 g/mol. The SMILES string of the molecule is O=C(Cc1c[nH]c2ccccc12)NC1CCN(Cc2ccccc2)C1. The number of aromatic amines is 1. The van der Waals surface area contributed by atoms with Crippen LogP contribution in [0.5, 0.6) is 0 Å². The number of aromatic nitrogens is 1. The van der Waals surface area contributed by atoms with Crippen LogP contribution in [0.1, 0.15) is 17.5 Å². The van der Waals surface area contributed by atoms with Crippen molar-refractivity contribution in [2.24, 2.45) is 0 Å². The maximum atomic E-state index is 12.4. The van der Waals surface area contributed by atoms with E-state index in [0.717, 1.165) is 42.5 Å². The van der Waals surface area contributed by atoms with Crippen LogP contribution in [0.25, 0.3) is 10.9 Å². The standard InChI is InChI=1S/C21H23N3O/c25-21(12-17-13-22-20-9-5-4-8-19(17)20)23-18-10-11-24(15-18)14-16-6-2-1-3-7-16/h1-9,13,18,22H,10-12,14-15H2,(H,23,25). The van der Waals surface area contributed by atoms with E-state index in [4.69, 9.17) is 0 Å². The highest BCUT2D eigenvalue weighted by Crippen LogP contribution is 2.18. The Morgan fingerprint density at radius 2 is 1.92 bits per heavy atom. The summed E-state index contributed by atoms with van der Waals surface area (Å²) < 4.78 is 0. The number of amides is 1. The molecular formula is C21H23N3O. The van der Waals surface area contributed by atoms with E-state index in [2.05, 4.69) is 45.5 Å². The van der Waals surface area contributed by atoms with Gasteiger partial charge in [0.05, 0.1) is 6.42 Å². The third-order valence-corrected chi connectivity index (χ3v) is 4.91. The molecule has 4 rings (SSSR count). The van der Waals surface area contributed by atoms with Gasteiger partial charge in [-0.2, -0.15) is 0 Å². The lowest BCUT2D eigenvalue weighted by Crippen LogP contribution is -2.37. The molecule has 1 fully saturated rings. The number of nitrogens with one attached hydrogen (secondary N) is 2. The number of para-hydroxylation sites is 1. The molecule has 0 saturated carbocycles. The van der Waals surface area contributed by atoms with Gasteiger partial charge in [0.1, 0.15) is 0 Å². The second-order valence-electron chi connectivity index (χ2n) is 6.81. The van der Waals surface area contributed by atoms with Crippen molar-refractivity contribution in [1.29, 1.82) is 0 Å². The largest absolute Gasteiger partial charge is 0.361 e. The molecule has 4 heteroatoms. The number of hydrogen-bond acceptors (Lipinski definition) is 2. The topological polar surface area (TPSA) is 48.1 Å². The number of rotatable bonds is 5. The van der Waals surface area contributed by atoms with Gasteiger partial charge < -0.3 is 10.3 Å². The number of carbonyl (C=O) groups excluding carboxylic acids is 1. The molecule has 25 heavy (non-hydrogen) atoms. The molecule has 1 aliphatic heterocycles. The van der Waals surface area contributed by atoms with Gasteiger partial charge in [-0.05, 0) is 23.6 Å². The fourth-order valence-electron chi connectivity index (χ4n) is 3.67. The van der Waals surface area contributed by atoms with Crippen LogP contribution in [0.15, 0.2) is 60.8 Å². The summed E-state index contributed by atoms with van der Waals surface area (Å²) in [7, 11) is 0. The predicted molar refractivity (Wildman–Crippen MR) is 100 cm³/mol. The lowest BCUT2D eigenvalue weighted by Gasteiger charge is -2.16. The van der Waals surface area contributed by atoms with Crippen molar-refractivity contribution in [2.45, 2.75) is 25.4 Å². The molecule has 1 amide bonds. The molecule has 2 aromatic carbocycles. The molecule has 1 atom stereocenters. The van der Waals surface area contributed by atoms with E-state index in [-0.39, 0.29) is 11.9 Å². The van der Waals surface area contributed by atoms with E-state index in [9.17, 15) is 4.79 Å². The number of nitrogens with zero attached hydrogens (tertiary/aromatic N) is 1. The third kappa shape index (κ3) is 3.74. The highest BCUT2D eigenvalue weighted by Gasteiger charge is 2.24. The Morgan fingerprint density at radius 3 is 2.80 bits per heavy atom. The van der Waals surface area contributed by atoms with Crippen LogP contribution in [0.2, 0.25) is 0 Å². The van der Waals surface area contributed by atoms with E-state index < -0.39 is 0 Å². The fourth-order valence-corrected chi connectivity index (χ4v) is 3.67. The smallest absolute Gasteiger partial charge is 0.224 e. The Morgan fingerprint density at radius 1 is 1.12 bits per heavy atom. The first-order chi connectivity index (χ1) is 12.3. The summed E-state index contributed by atoms with van der Waals surface area (Å²) in [6.07, 6.45) is 3.40. The van der Waals surface area contributed by atoms with Crippen LogP contribution in [0.3, 0.4) is 0 Å². The zero-order valence-corrected chi connectivity index (χ0v) is 14.2. The minimum Gasteiger partial charge on any atom is -0.361 e. The van der Waals surface area contributed by atoms with Crippen LogP contribution < -0.4 is 5.32 Å². The van der Waals surface area contributed by atoms with Crippen molar-refractivity contribution < 1.29 is 4.79 Å². The van der Waals surface area contributed by atoms with Gasteiger partial charge in [0.2, 0.25) is 5.91 Å². The first-order valence-corrected chi connectivity index (χ1v) is 8.88. The van der Waals surface area contributed by atoms with Gasteiger partial charge in [-0.1, -0.05) is 48.5 Å². The van der Waals surface area contributed by atoms with Crippen molar-refractivity contribution in [3.8, 4) is 0 Å². The highest BCUT2D eigenvalue weighted by molar-refractivity contribution is 5.88. The van der Waals surface area contributed by atoms with Gasteiger partial charge in [-0.3, -0.25) is 9.69 Å². The summed E-state index contributed by atoms with van der Waals surface area (Å²) in [5.74, 6) is 0.108. The Labute approximate surface area is 147 Å². The summed E-state index contributed by atoms with van der Waals surface area (Å²) in [5.41, 5.74) is 3.47. The molecule has 0 aliphatic carbocycles. The van der Waals surface area contributed by atoms with Crippen LogP contribution in [0.4, 0.5) is 0 Å². The number of hydrogen-bond donors (Lipinski definition) is 2. The minimum absolute atomic E-state index is 0.108. The summed E-state index contributed by atoms with van der Waals surface area (Å²) >= 11 is 0. The van der Waals surface area contributed by atoms with Crippen molar-refractivity contribution in [2.75, 3.05) is 13.1 Å². The number of benzene rings is 2. The second-order valence-corrected chi connectivity index (χ2v) is 6.81. The Balaban J connectivity index is 1.31. The Kier molecular flexibility index (Phi) is 4.53. The van der Waals surface area contributed by atoms with Crippen molar-refractivity contribution in [1.82, 2.24) is 15.2 Å². The molecule has 1 unspecified atom stereocenters. The summed E-state index contributed by atoms with van der Waals surface area (Å²) in [6, 6.07) is 18.9. The molecule has 2 N–H and O–H groups in total. The molecule has 2 heterocycles. The third-order valence-electron chi connectivity index (χ3n) is 4.91. The molecule has 1 saturated heterocycles. The zero-order valence-electron chi connectivity index (χ0n) is 14.2. The number of H-pyrrole nitrogens is 1. The van der Waals surface area contributed by atoms with E-state index >= 15 is 0 Å². The molecule has 0 radical (unpaired) electrons. The maximum Gasteiger partial charge on any atom is 0.224 e. The lowest BCUT2D eigenvalue weighted by molar-refractivity contribution is -0.121. The maximum absolute atomic E-state index is 12.4. The lowest BCUT2D eigenvalue weighted by atomic mass is 10.1. The molecule has 3 aromatic rings. The van der Waals surface area contributed by atoms with Crippen LogP contribution >= 0.6 is 0 Å². The van der Waals surface area contributed by atoms with Crippen molar-refractivity contribution >= 4 is 16.8 Å². The van der Waals surface area contributed by atoms with E-state index in [1.54, 1.807) is 0 Å². The minimum atomic E-state index is 0.108. The predicted octanol–water partition coefficient (Wildman–Crippen LogP) is 3.10. The van der Waals surface area contributed by atoms with Crippen molar-refractivity contribution in [3.05, 3.63) is 71.9 Å². The Hall–Kier alpha value is -2.59. The average molecular weight is 333 g/mol. The number of likely N-dealkylation sites (tertiary alicyclic amines) is 1. The van der Waals surface area contributed by atoms with E-state index in [1.807, 2.05) is 30.5 Å². The fraction of sp³-hybridized carbons (Fsp3) is 0.286. The summed E-state index contributed by atoms with van der Waals surface area (Å²) in [5, 5.41) is 4.34. The first-order valence-electron chi connectivity index (χ1n) is 8.88.